The van der Waals surface area contributed by atoms with E-state index in [1.54, 1.807) is 20.8 Å². The van der Waals surface area contributed by atoms with E-state index in [-0.39, 0.29) is 18.4 Å². The number of benzene rings is 1. The van der Waals surface area contributed by atoms with E-state index in [1.165, 1.54) is 0 Å². The highest BCUT2D eigenvalue weighted by Gasteiger charge is 2.38. The molecule has 0 bridgehead atoms. The molecule has 5 nitrogen and oxygen atoms in total. The number of ether oxygens (including phenoxy) is 1. The first-order valence-electron chi connectivity index (χ1n) is 6.61. The lowest BCUT2D eigenvalue weighted by Gasteiger charge is -2.22. The molecular weight excluding hydrogens is 258 g/mol. The number of rotatable bonds is 2. The molecule has 20 heavy (non-hydrogen) atoms. The van der Waals surface area contributed by atoms with E-state index in [1.807, 2.05) is 30.3 Å². The molecule has 0 aliphatic carbocycles. The number of carbonyl (C=O) groups is 2. The highest BCUT2D eigenvalue weighted by atomic mass is 16.8. The van der Waals surface area contributed by atoms with E-state index in [2.05, 4.69) is 0 Å². The molecule has 1 aliphatic rings. The fourth-order valence-corrected chi connectivity index (χ4v) is 1.97. The molecule has 1 saturated heterocycles. The molecule has 1 aliphatic heterocycles. The summed E-state index contributed by atoms with van der Waals surface area (Å²) in [6, 6.07) is 9.65. The van der Waals surface area contributed by atoms with Crippen LogP contribution >= 0.6 is 0 Å². The average Bonchev–Trinajstić information content (AvgIpc) is 2.70. The maximum Gasteiger partial charge on any atom is 0.443 e. The molecule has 1 unspecified atom stereocenters. The second kappa shape index (κ2) is 5.53. The topological polar surface area (TPSA) is 55.8 Å². The second-order valence-corrected chi connectivity index (χ2v) is 5.84. The Labute approximate surface area is 118 Å². The van der Waals surface area contributed by atoms with E-state index in [0.29, 0.717) is 6.42 Å². The van der Waals surface area contributed by atoms with Gasteiger partial charge < -0.3 is 9.57 Å². The van der Waals surface area contributed by atoms with Gasteiger partial charge in [0.15, 0.2) is 0 Å². The average molecular weight is 277 g/mol. The molecule has 0 spiro atoms. The van der Waals surface area contributed by atoms with Gasteiger partial charge in [0.2, 0.25) is 0 Å². The van der Waals surface area contributed by atoms with Gasteiger partial charge >= 0.3 is 12.1 Å². The standard InChI is InChI=1S/C15H19NO4/c1-15(2,3)19-14(18)16-10-12(13(17)20-16)9-11-7-5-4-6-8-11/h4-8,12H,9-10H2,1-3H3. The molecule has 1 aromatic rings. The molecule has 1 fully saturated rings. The SMILES string of the molecule is CC(C)(C)OC(=O)N1CC(Cc2ccccc2)C(=O)O1. The molecule has 1 heterocycles. The fourth-order valence-electron chi connectivity index (χ4n) is 1.97. The Balaban J connectivity index is 1.95. The quantitative estimate of drug-likeness (QED) is 0.833. The molecule has 1 aromatic carbocycles. The van der Waals surface area contributed by atoms with Crippen molar-refractivity contribution in [3.63, 3.8) is 0 Å². The minimum Gasteiger partial charge on any atom is -0.442 e. The van der Waals surface area contributed by atoms with Crippen molar-refractivity contribution in [2.45, 2.75) is 32.8 Å². The van der Waals surface area contributed by atoms with E-state index in [4.69, 9.17) is 9.57 Å². The van der Waals surface area contributed by atoms with Crippen molar-refractivity contribution in [1.82, 2.24) is 5.06 Å². The van der Waals surface area contributed by atoms with Crippen molar-refractivity contribution in [2.75, 3.05) is 6.54 Å². The molecule has 0 aromatic heterocycles. The maximum atomic E-state index is 11.8. The Kier molecular flexibility index (Phi) is 3.97. The third-order valence-electron chi connectivity index (χ3n) is 2.84. The van der Waals surface area contributed by atoms with Gasteiger partial charge in [-0.1, -0.05) is 30.3 Å². The Hall–Kier alpha value is -2.04. The minimum absolute atomic E-state index is 0.225. The smallest absolute Gasteiger partial charge is 0.442 e. The van der Waals surface area contributed by atoms with E-state index < -0.39 is 11.7 Å². The van der Waals surface area contributed by atoms with Crippen LogP contribution in [0.4, 0.5) is 4.79 Å². The third-order valence-corrected chi connectivity index (χ3v) is 2.84. The van der Waals surface area contributed by atoms with Gasteiger partial charge in [-0.05, 0) is 32.8 Å². The van der Waals surface area contributed by atoms with Gasteiger partial charge in [-0.25, -0.2) is 9.59 Å². The van der Waals surface area contributed by atoms with Crippen LogP contribution in [0.25, 0.3) is 0 Å². The van der Waals surface area contributed by atoms with E-state index in [0.717, 1.165) is 10.6 Å². The summed E-state index contributed by atoms with van der Waals surface area (Å²) in [7, 11) is 0. The van der Waals surface area contributed by atoms with Crippen molar-refractivity contribution >= 4 is 12.1 Å². The largest absolute Gasteiger partial charge is 0.443 e. The first kappa shape index (κ1) is 14.4. The van der Waals surface area contributed by atoms with Crippen LogP contribution in [0.15, 0.2) is 30.3 Å². The van der Waals surface area contributed by atoms with Crippen LogP contribution < -0.4 is 0 Å². The van der Waals surface area contributed by atoms with Crippen molar-refractivity contribution in [1.29, 1.82) is 0 Å². The van der Waals surface area contributed by atoms with Crippen molar-refractivity contribution < 1.29 is 19.2 Å². The van der Waals surface area contributed by atoms with E-state index >= 15 is 0 Å². The second-order valence-electron chi connectivity index (χ2n) is 5.84. The van der Waals surface area contributed by atoms with Crippen LogP contribution in [0.5, 0.6) is 0 Å². The van der Waals surface area contributed by atoms with Gasteiger partial charge in [-0.3, -0.25) is 0 Å². The maximum absolute atomic E-state index is 11.8. The Morgan fingerprint density at radius 2 is 2.00 bits per heavy atom. The zero-order chi connectivity index (χ0) is 14.8. The molecule has 0 radical (unpaired) electrons. The Morgan fingerprint density at radius 1 is 1.35 bits per heavy atom. The number of carbonyl (C=O) groups excluding carboxylic acids is 2. The summed E-state index contributed by atoms with van der Waals surface area (Å²) in [5.41, 5.74) is 0.432. The van der Waals surface area contributed by atoms with Gasteiger partial charge in [0.05, 0.1) is 12.5 Å². The van der Waals surface area contributed by atoms with Crippen molar-refractivity contribution in [3.05, 3.63) is 35.9 Å². The summed E-state index contributed by atoms with van der Waals surface area (Å²) in [4.78, 5) is 28.6. The van der Waals surface area contributed by atoms with Gasteiger partial charge in [0.1, 0.15) is 5.60 Å². The number of nitrogens with zero attached hydrogens (tertiary/aromatic N) is 1. The first-order valence-corrected chi connectivity index (χ1v) is 6.61. The molecule has 5 heteroatoms. The van der Waals surface area contributed by atoms with Crippen LogP contribution in [-0.2, 0) is 20.8 Å². The molecule has 0 N–H and O–H groups in total. The van der Waals surface area contributed by atoms with E-state index in [9.17, 15) is 9.59 Å². The van der Waals surface area contributed by atoms with Crippen LogP contribution in [0.1, 0.15) is 26.3 Å². The molecule has 1 atom stereocenters. The van der Waals surface area contributed by atoms with Crippen LogP contribution in [0, 0.1) is 5.92 Å². The summed E-state index contributed by atoms with van der Waals surface area (Å²) in [5, 5.41) is 1.00. The lowest BCUT2D eigenvalue weighted by Crippen LogP contribution is -2.34. The minimum atomic E-state index is -0.624. The fraction of sp³-hybridized carbons (Fsp3) is 0.467. The number of amides is 1. The zero-order valence-electron chi connectivity index (χ0n) is 12.0. The molecular formula is C15H19NO4. The normalized spacial score (nSPS) is 18.9. The summed E-state index contributed by atoms with van der Waals surface area (Å²) in [5.74, 6) is -0.732. The first-order chi connectivity index (χ1) is 9.35. The highest BCUT2D eigenvalue weighted by molar-refractivity contribution is 5.79. The number of hydroxylamine groups is 2. The Morgan fingerprint density at radius 3 is 2.60 bits per heavy atom. The van der Waals surface area contributed by atoms with Gasteiger partial charge in [0.25, 0.3) is 0 Å². The summed E-state index contributed by atoms with van der Waals surface area (Å²) < 4.78 is 5.18. The van der Waals surface area contributed by atoms with Gasteiger partial charge in [0, 0.05) is 0 Å². The molecule has 108 valence electrons. The van der Waals surface area contributed by atoms with Gasteiger partial charge in [-0.15, -0.1) is 5.06 Å². The van der Waals surface area contributed by atoms with Crippen LogP contribution in [0.3, 0.4) is 0 Å². The molecule has 1 amide bonds. The van der Waals surface area contributed by atoms with Crippen LogP contribution in [-0.4, -0.2) is 29.3 Å². The highest BCUT2D eigenvalue weighted by Crippen LogP contribution is 2.21. The van der Waals surface area contributed by atoms with Crippen molar-refractivity contribution in [2.24, 2.45) is 5.92 Å². The predicted octanol–water partition coefficient (Wildman–Crippen LogP) is 2.55. The zero-order valence-corrected chi connectivity index (χ0v) is 12.0. The monoisotopic (exact) mass is 277 g/mol. The number of hydrogen-bond donors (Lipinski definition) is 0. The molecule has 0 saturated carbocycles. The summed E-state index contributed by atoms with van der Waals surface area (Å²) in [6.07, 6.45) is -0.0692. The molecule has 2 rings (SSSR count). The lowest BCUT2D eigenvalue weighted by atomic mass is 10.0. The summed E-state index contributed by atoms with van der Waals surface area (Å²) in [6.45, 7) is 5.53. The summed E-state index contributed by atoms with van der Waals surface area (Å²) >= 11 is 0. The Bertz CT molecular complexity index is 492. The third kappa shape index (κ3) is 3.73. The number of hydrogen-bond acceptors (Lipinski definition) is 4. The van der Waals surface area contributed by atoms with Crippen LogP contribution in [0.2, 0.25) is 0 Å². The predicted molar refractivity (Wildman–Crippen MR) is 72.7 cm³/mol. The lowest BCUT2D eigenvalue weighted by molar-refractivity contribution is -0.167. The van der Waals surface area contributed by atoms with Gasteiger partial charge in [-0.2, -0.15) is 0 Å². The van der Waals surface area contributed by atoms with Crippen molar-refractivity contribution in [3.8, 4) is 0 Å².